The molecule has 4 rings (SSSR count). The summed E-state index contributed by atoms with van der Waals surface area (Å²) in [6.45, 7) is 10.4. The maximum absolute atomic E-state index is 13.5. The van der Waals surface area contributed by atoms with Crippen LogP contribution in [-0.2, 0) is 4.79 Å². The Hall–Kier alpha value is -2.93. The van der Waals surface area contributed by atoms with E-state index in [1.807, 2.05) is 50.2 Å². The molecule has 1 atom stereocenters. The first-order valence-electron chi connectivity index (χ1n) is 11.4. The van der Waals surface area contributed by atoms with E-state index in [0.717, 1.165) is 40.1 Å². The summed E-state index contributed by atoms with van der Waals surface area (Å²) in [5.41, 5.74) is 5.27. The van der Waals surface area contributed by atoms with Gasteiger partial charge in [-0.25, -0.2) is 0 Å². The van der Waals surface area contributed by atoms with Crippen LogP contribution in [0.4, 0.5) is 5.69 Å². The Labute approximate surface area is 199 Å². The van der Waals surface area contributed by atoms with Crippen LogP contribution in [0, 0.1) is 19.8 Å². The smallest absolute Gasteiger partial charge is 0.247 e. The van der Waals surface area contributed by atoms with Crippen LogP contribution in [0.2, 0.25) is 0 Å². The lowest BCUT2D eigenvalue weighted by Gasteiger charge is -2.31. The van der Waals surface area contributed by atoms with Gasteiger partial charge in [0, 0.05) is 23.3 Å². The molecule has 2 aromatic carbocycles. The van der Waals surface area contributed by atoms with Crippen molar-refractivity contribution in [2.45, 2.75) is 58.8 Å². The molecule has 1 aliphatic rings. The largest absolute Gasteiger partial charge is 0.447 e. The number of hydrogen-bond donors (Lipinski definition) is 0. The molecule has 7 heteroatoms. The van der Waals surface area contributed by atoms with E-state index in [-0.39, 0.29) is 5.91 Å². The topological polar surface area (TPSA) is 68.2 Å². The van der Waals surface area contributed by atoms with E-state index in [9.17, 15) is 4.79 Å². The highest BCUT2D eigenvalue weighted by Gasteiger charge is 2.36. The summed E-state index contributed by atoms with van der Waals surface area (Å²) >= 11 is 1.56. The fourth-order valence-electron chi connectivity index (χ4n) is 3.92. The highest BCUT2D eigenvalue weighted by Crippen LogP contribution is 2.44. The molecule has 1 amide bonds. The second-order valence-electron chi connectivity index (χ2n) is 8.81. The van der Waals surface area contributed by atoms with Crippen LogP contribution in [0.5, 0.6) is 5.88 Å². The molecule has 0 saturated carbocycles. The quantitative estimate of drug-likeness (QED) is 0.411. The molecule has 0 saturated heterocycles. The summed E-state index contributed by atoms with van der Waals surface area (Å²) in [6, 6.07) is 14.0. The van der Waals surface area contributed by atoms with E-state index in [4.69, 9.17) is 9.72 Å². The minimum absolute atomic E-state index is 0.00472. The molecule has 172 valence electrons. The van der Waals surface area contributed by atoms with E-state index in [2.05, 4.69) is 37.0 Å². The molecule has 0 bridgehead atoms. The highest BCUT2D eigenvalue weighted by molar-refractivity contribution is 7.99. The van der Waals surface area contributed by atoms with Crippen LogP contribution in [0.3, 0.4) is 0 Å². The second-order valence-corrected chi connectivity index (χ2v) is 9.80. The van der Waals surface area contributed by atoms with Crippen molar-refractivity contribution in [3.05, 3.63) is 59.2 Å². The van der Waals surface area contributed by atoms with Crippen LogP contribution in [0.1, 0.15) is 56.5 Å². The van der Waals surface area contributed by atoms with Crippen molar-refractivity contribution in [2.75, 3.05) is 10.7 Å². The number of aromatic nitrogens is 3. The number of rotatable bonds is 6. The van der Waals surface area contributed by atoms with Gasteiger partial charge in [-0.2, -0.15) is 4.98 Å². The zero-order chi connectivity index (χ0) is 23.5. The fraction of sp³-hybridized carbons (Fsp3) is 0.385. The first kappa shape index (κ1) is 23.2. The maximum atomic E-state index is 13.5. The van der Waals surface area contributed by atoms with Gasteiger partial charge in [-0.05, 0) is 37.8 Å². The molecule has 1 aliphatic heterocycles. The van der Waals surface area contributed by atoms with Crippen LogP contribution in [0.25, 0.3) is 11.3 Å². The molecule has 0 spiro atoms. The molecule has 0 aliphatic carbocycles. The fourth-order valence-corrected chi connectivity index (χ4v) is 4.65. The minimum atomic E-state index is -0.647. The van der Waals surface area contributed by atoms with Crippen LogP contribution in [-0.4, -0.2) is 26.8 Å². The van der Waals surface area contributed by atoms with E-state index < -0.39 is 6.23 Å². The Morgan fingerprint density at radius 1 is 1.15 bits per heavy atom. The maximum Gasteiger partial charge on any atom is 0.247 e. The molecule has 0 radical (unpaired) electrons. The Morgan fingerprint density at radius 3 is 2.67 bits per heavy atom. The van der Waals surface area contributed by atoms with Gasteiger partial charge in [-0.1, -0.05) is 74.5 Å². The first-order valence-corrected chi connectivity index (χ1v) is 12.4. The molecule has 1 aromatic heterocycles. The number of ether oxygens (including phenoxy) is 1. The summed E-state index contributed by atoms with van der Waals surface area (Å²) in [4.78, 5) is 20.0. The van der Waals surface area contributed by atoms with E-state index in [0.29, 0.717) is 29.1 Å². The number of fused-ring (bicyclic) bond motifs is 3. The van der Waals surface area contributed by atoms with Crippen molar-refractivity contribution in [3.8, 4) is 17.1 Å². The lowest BCUT2D eigenvalue weighted by Crippen LogP contribution is -2.38. The minimum Gasteiger partial charge on any atom is -0.447 e. The van der Waals surface area contributed by atoms with Gasteiger partial charge < -0.3 is 4.74 Å². The zero-order valence-corrected chi connectivity index (χ0v) is 20.6. The molecule has 1 unspecified atom stereocenters. The first-order chi connectivity index (χ1) is 15.9. The lowest BCUT2D eigenvalue weighted by molar-refractivity contribution is -0.120. The van der Waals surface area contributed by atoms with Gasteiger partial charge in [0.15, 0.2) is 5.69 Å². The number of carbonyl (C=O) groups excluding carboxylic acids is 1. The van der Waals surface area contributed by atoms with Gasteiger partial charge in [0.1, 0.15) is 0 Å². The van der Waals surface area contributed by atoms with Crippen molar-refractivity contribution in [1.29, 1.82) is 0 Å². The van der Waals surface area contributed by atoms with Crippen LogP contribution < -0.4 is 9.64 Å². The summed E-state index contributed by atoms with van der Waals surface area (Å²) < 4.78 is 6.55. The van der Waals surface area contributed by atoms with Crippen molar-refractivity contribution in [1.82, 2.24) is 15.2 Å². The predicted octanol–water partition coefficient (Wildman–Crippen LogP) is 6.13. The molecule has 6 nitrogen and oxygen atoms in total. The third kappa shape index (κ3) is 4.88. The molecular weight excluding hydrogens is 432 g/mol. The second kappa shape index (κ2) is 9.91. The van der Waals surface area contributed by atoms with Gasteiger partial charge in [-0.3, -0.25) is 9.69 Å². The number of benzene rings is 2. The number of aryl methyl sites for hydroxylation is 2. The Morgan fingerprint density at radius 2 is 1.94 bits per heavy atom. The van der Waals surface area contributed by atoms with E-state index in [1.54, 1.807) is 16.7 Å². The Kier molecular flexibility index (Phi) is 6.98. The summed E-state index contributed by atoms with van der Waals surface area (Å²) in [6.07, 6.45) is 0.522. The Balaban J connectivity index is 1.90. The standard InChI is InChI=1S/C26H30N4O2S/c1-6-9-22(31)30-21-11-8-7-10-20(21)23-24(27-26(29-28-23)33-15-16(2)3)32-25(30)19-13-12-17(4)14-18(19)5/h7-8,10-14,16,25H,6,9,15H2,1-5H3. The molecule has 0 fully saturated rings. The average molecular weight is 463 g/mol. The molecular formula is C26H30N4O2S. The van der Waals surface area contributed by atoms with E-state index in [1.165, 1.54) is 0 Å². The number of carbonyl (C=O) groups is 1. The number of anilines is 1. The average Bonchev–Trinajstić information content (AvgIpc) is 2.92. The monoisotopic (exact) mass is 462 g/mol. The molecule has 33 heavy (non-hydrogen) atoms. The molecule has 2 heterocycles. The normalized spacial score (nSPS) is 15.0. The number of para-hydroxylation sites is 1. The predicted molar refractivity (Wildman–Crippen MR) is 133 cm³/mol. The van der Waals surface area contributed by atoms with Gasteiger partial charge in [0.2, 0.25) is 23.2 Å². The van der Waals surface area contributed by atoms with Crippen molar-refractivity contribution < 1.29 is 9.53 Å². The van der Waals surface area contributed by atoms with Crippen molar-refractivity contribution >= 4 is 23.4 Å². The SMILES string of the molecule is CCCC(=O)N1c2ccccc2-c2nnc(SCC(C)C)nc2OC1c1ccc(C)cc1C. The van der Waals surface area contributed by atoms with E-state index >= 15 is 0 Å². The Bertz CT molecular complexity index is 1160. The van der Waals surface area contributed by atoms with Crippen LogP contribution >= 0.6 is 11.8 Å². The van der Waals surface area contributed by atoms with Gasteiger partial charge in [-0.15, -0.1) is 10.2 Å². The lowest BCUT2D eigenvalue weighted by atomic mass is 10.0. The highest BCUT2D eigenvalue weighted by atomic mass is 32.2. The van der Waals surface area contributed by atoms with Crippen molar-refractivity contribution in [2.24, 2.45) is 5.92 Å². The third-order valence-electron chi connectivity index (χ3n) is 5.48. The number of thioether (sulfide) groups is 1. The van der Waals surface area contributed by atoms with Crippen molar-refractivity contribution in [3.63, 3.8) is 0 Å². The number of amides is 1. The number of hydrogen-bond acceptors (Lipinski definition) is 6. The number of nitrogens with zero attached hydrogens (tertiary/aromatic N) is 4. The summed E-state index contributed by atoms with van der Waals surface area (Å²) in [5.74, 6) is 1.80. The van der Waals surface area contributed by atoms with Crippen LogP contribution in [0.15, 0.2) is 47.6 Å². The molecule has 0 N–H and O–H groups in total. The summed E-state index contributed by atoms with van der Waals surface area (Å²) in [7, 11) is 0. The van der Waals surface area contributed by atoms with Gasteiger partial charge in [0.05, 0.1) is 5.69 Å². The van der Waals surface area contributed by atoms with Gasteiger partial charge in [0.25, 0.3) is 0 Å². The summed E-state index contributed by atoms with van der Waals surface area (Å²) in [5, 5.41) is 9.44. The molecule has 3 aromatic rings. The zero-order valence-electron chi connectivity index (χ0n) is 19.8. The van der Waals surface area contributed by atoms with Gasteiger partial charge >= 0.3 is 0 Å². The third-order valence-corrected chi connectivity index (χ3v) is 6.75.